The molecule has 2 aliphatic carbocycles. The zero-order valence-corrected chi connectivity index (χ0v) is 19.7. The van der Waals surface area contributed by atoms with Crippen molar-refractivity contribution in [3.8, 4) is 11.1 Å². The van der Waals surface area contributed by atoms with Gasteiger partial charge in [-0.1, -0.05) is 68.8 Å². The number of hydrogen-bond donors (Lipinski definition) is 2. The Bertz CT molecular complexity index is 1020. The summed E-state index contributed by atoms with van der Waals surface area (Å²) in [5.41, 5.74) is 4.61. The Kier molecular flexibility index (Phi) is 7.20. The number of nitrogens with zero attached hydrogens (tertiary/aromatic N) is 1. The third-order valence-electron chi connectivity index (χ3n) is 6.70. The number of carboxylic acid groups (broad SMARTS) is 1. The van der Waals surface area contributed by atoms with E-state index in [9.17, 15) is 19.5 Å². The summed E-state index contributed by atoms with van der Waals surface area (Å²) in [4.78, 5) is 38.5. The van der Waals surface area contributed by atoms with Gasteiger partial charge in [-0.2, -0.15) is 0 Å². The predicted molar refractivity (Wildman–Crippen MR) is 128 cm³/mol. The highest BCUT2D eigenvalue weighted by Crippen LogP contribution is 2.44. The van der Waals surface area contributed by atoms with E-state index >= 15 is 0 Å². The second kappa shape index (κ2) is 10.3. The summed E-state index contributed by atoms with van der Waals surface area (Å²) in [5, 5.41) is 12.1. The molecule has 0 bridgehead atoms. The van der Waals surface area contributed by atoms with Gasteiger partial charge < -0.3 is 20.1 Å². The van der Waals surface area contributed by atoms with Crippen molar-refractivity contribution in [1.82, 2.24) is 10.2 Å². The summed E-state index contributed by atoms with van der Waals surface area (Å²) in [6.45, 7) is 4.15. The van der Waals surface area contributed by atoms with Gasteiger partial charge in [-0.15, -0.1) is 0 Å². The van der Waals surface area contributed by atoms with Crippen LogP contribution in [-0.4, -0.2) is 53.7 Å². The maximum atomic E-state index is 13.1. The van der Waals surface area contributed by atoms with E-state index in [1.54, 1.807) is 0 Å². The largest absolute Gasteiger partial charge is 0.480 e. The average Bonchev–Trinajstić information content (AvgIpc) is 3.38. The van der Waals surface area contributed by atoms with Crippen molar-refractivity contribution < 1.29 is 24.2 Å². The molecule has 2 aromatic rings. The van der Waals surface area contributed by atoms with Crippen molar-refractivity contribution in [2.75, 3.05) is 19.7 Å². The molecule has 34 heavy (non-hydrogen) atoms. The zero-order valence-electron chi connectivity index (χ0n) is 19.7. The number of alkyl carbamates (subject to hydrolysis) is 1. The van der Waals surface area contributed by atoms with Crippen LogP contribution in [0.15, 0.2) is 48.5 Å². The second-order valence-corrected chi connectivity index (χ2v) is 9.62. The van der Waals surface area contributed by atoms with Crippen LogP contribution in [0.4, 0.5) is 4.79 Å². The Labute approximate surface area is 200 Å². The number of fused-ring (bicyclic) bond motifs is 3. The fourth-order valence-corrected chi connectivity index (χ4v) is 5.29. The van der Waals surface area contributed by atoms with E-state index in [0.29, 0.717) is 19.4 Å². The zero-order chi connectivity index (χ0) is 24.2. The van der Waals surface area contributed by atoms with Gasteiger partial charge >= 0.3 is 12.1 Å². The number of carbonyl (C=O) groups is 3. The van der Waals surface area contributed by atoms with Crippen LogP contribution in [0, 0.1) is 11.8 Å². The van der Waals surface area contributed by atoms with Crippen LogP contribution in [0.25, 0.3) is 11.1 Å². The highest BCUT2D eigenvalue weighted by molar-refractivity contribution is 5.84. The summed E-state index contributed by atoms with van der Waals surface area (Å²) < 4.78 is 5.65. The number of amides is 2. The molecule has 2 atom stereocenters. The minimum atomic E-state index is -1.03. The minimum Gasteiger partial charge on any atom is -0.480 e. The van der Waals surface area contributed by atoms with Crippen molar-refractivity contribution >= 4 is 18.0 Å². The molecule has 2 amide bonds. The molecule has 2 aromatic carbocycles. The molecule has 0 radical (unpaired) electrons. The Morgan fingerprint density at radius 1 is 1.03 bits per heavy atom. The number of hydrogen-bond acceptors (Lipinski definition) is 4. The first kappa shape index (κ1) is 23.8. The molecule has 0 unspecified atom stereocenters. The van der Waals surface area contributed by atoms with E-state index in [0.717, 1.165) is 28.7 Å². The normalized spacial score (nSPS) is 18.9. The molecule has 0 saturated heterocycles. The van der Waals surface area contributed by atoms with E-state index in [4.69, 9.17) is 4.74 Å². The molecule has 0 aromatic heterocycles. The molecule has 0 heterocycles. The van der Waals surface area contributed by atoms with Gasteiger partial charge in [-0.05, 0) is 41.0 Å². The van der Waals surface area contributed by atoms with Crippen LogP contribution in [0.1, 0.15) is 50.2 Å². The highest BCUT2D eigenvalue weighted by Gasteiger charge is 2.38. The van der Waals surface area contributed by atoms with Crippen molar-refractivity contribution in [2.24, 2.45) is 11.8 Å². The van der Waals surface area contributed by atoms with E-state index in [-0.39, 0.29) is 36.9 Å². The topological polar surface area (TPSA) is 95.9 Å². The Morgan fingerprint density at radius 3 is 2.24 bits per heavy atom. The summed E-state index contributed by atoms with van der Waals surface area (Å²) >= 11 is 0. The standard InChI is InChI=1S/C27H32N2O5/c1-17(2)14-29(15-25(30)31)26(32)22-12-7-13-24(22)28-27(33)34-16-23-20-10-5-3-8-18(20)19-9-4-6-11-21(19)23/h3-6,8-11,17,22-24H,7,12-16H2,1-2H3,(H,28,33)(H,30,31)/t22-,24+/m1/s1. The van der Waals surface area contributed by atoms with Crippen molar-refractivity contribution in [1.29, 1.82) is 0 Å². The molecule has 0 aliphatic heterocycles. The van der Waals surface area contributed by atoms with Crippen molar-refractivity contribution in [3.05, 3.63) is 59.7 Å². The molecule has 2 N–H and O–H groups in total. The van der Waals surface area contributed by atoms with Gasteiger partial charge in [0.05, 0.1) is 5.92 Å². The summed E-state index contributed by atoms with van der Waals surface area (Å²) in [5.74, 6) is -1.56. The molecule has 1 fully saturated rings. The molecule has 0 spiro atoms. The molecular formula is C27H32N2O5. The Balaban J connectivity index is 1.39. The summed E-state index contributed by atoms with van der Waals surface area (Å²) in [7, 11) is 0. The van der Waals surface area contributed by atoms with E-state index < -0.39 is 18.0 Å². The lowest BCUT2D eigenvalue weighted by Crippen LogP contribution is -2.48. The average molecular weight is 465 g/mol. The molecule has 7 nitrogen and oxygen atoms in total. The number of nitrogens with one attached hydrogen (secondary N) is 1. The molecule has 2 aliphatic rings. The van der Waals surface area contributed by atoms with Crippen LogP contribution >= 0.6 is 0 Å². The van der Waals surface area contributed by atoms with Gasteiger partial charge in [-0.3, -0.25) is 9.59 Å². The van der Waals surface area contributed by atoms with Crippen LogP contribution < -0.4 is 5.32 Å². The first-order valence-electron chi connectivity index (χ1n) is 12.0. The second-order valence-electron chi connectivity index (χ2n) is 9.62. The van der Waals surface area contributed by atoms with Gasteiger partial charge in [-0.25, -0.2) is 4.79 Å². The fraction of sp³-hybridized carbons (Fsp3) is 0.444. The van der Waals surface area contributed by atoms with Crippen LogP contribution in [0.5, 0.6) is 0 Å². The Hall–Kier alpha value is -3.35. The number of benzene rings is 2. The quantitative estimate of drug-likeness (QED) is 0.609. The third kappa shape index (κ3) is 5.08. The van der Waals surface area contributed by atoms with Gasteiger partial charge in [0.1, 0.15) is 13.2 Å². The van der Waals surface area contributed by atoms with E-state index in [1.807, 2.05) is 38.1 Å². The first-order chi connectivity index (χ1) is 16.3. The van der Waals surface area contributed by atoms with Gasteiger partial charge in [0, 0.05) is 18.5 Å². The fourth-order valence-electron chi connectivity index (χ4n) is 5.29. The van der Waals surface area contributed by atoms with E-state index in [1.165, 1.54) is 4.90 Å². The maximum Gasteiger partial charge on any atom is 0.407 e. The van der Waals surface area contributed by atoms with Crippen LogP contribution in [-0.2, 0) is 14.3 Å². The number of rotatable bonds is 8. The van der Waals surface area contributed by atoms with Crippen molar-refractivity contribution in [3.63, 3.8) is 0 Å². The molecule has 1 saturated carbocycles. The lowest BCUT2D eigenvalue weighted by Gasteiger charge is -2.28. The molecular weight excluding hydrogens is 432 g/mol. The SMILES string of the molecule is CC(C)CN(CC(=O)O)C(=O)[C@@H]1CCC[C@@H]1NC(=O)OCC1c2ccccc2-c2ccccc21. The smallest absolute Gasteiger partial charge is 0.407 e. The number of carboxylic acids is 1. The van der Waals surface area contributed by atoms with E-state index in [2.05, 4.69) is 29.6 Å². The molecule has 180 valence electrons. The molecule has 4 rings (SSSR count). The maximum absolute atomic E-state index is 13.1. The number of carbonyl (C=O) groups excluding carboxylic acids is 2. The first-order valence-corrected chi connectivity index (χ1v) is 12.0. The number of ether oxygens (including phenoxy) is 1. The Morgan fingerprint density at radius 2 is 1.65 bits per heavy atom. The van der Waals surface area contributed by atoms with Gasteiger partial charge in [0.2, 0.25) is 5.91 Å². The summed E-state index contributed by atoms with van der Waals surface area (Å²) in [6, 6.07) is 16.0. The number of aliphatic carboxylic acids is 1. The van der Waals surface area contributed by atoms with Crippen LogP contribution in [0.2, 0.25) is 0 Å². The lowest BCUT2D eigenvalue weighted by atomic mass is 9.98. The highest BCUT2D eigenvalue weighted by atomic mass is 16.5. The van der Waals surface area contributed by atoms with Crippen LogP contribution in [0.3, 0.4) is 0 Å². The van der Waals surface area contributed by atoms with Crippen molar-refractivity contribution in [2.45, 2.75) is 45.1 Å². The monoisotopic (exact) mass is 464 g/mol. The van der Waals surface area contributed by atoms with Gasteiger partial charge in [0.25, 0.3) is 0 Å². The minimum absolute atomic E-state index is 0.0312. The van der Waals surface area contributed by atoms with Gasteiger partial charge in [0.15, 0.2) is 0 Å². The lowest BCUT2D eigenvalue weighted by molar-refractivity contribution is -0.147. The predicted octanol–water partition coefficient (Wildman–Crippen LogP) is 4.26. The molecule has 7 heteroatoms. The summed E-state index contributed by atoms with van der Waals surface area (Å²) in [6.07, 6.45) is 1.55. The third-order valence-corrected chi connectivity index (χ3v) is 6.70.